The summed E-state index contributed by atoms with van der Waals surface area (Å²) in [5, 5.41) is 0. The van der Waals surface area contributed by atoms with E-state index < -0.39 is 10.0 Å². The number of para-hydroxylation sites is 1. The summed E-state index contributed by atoms with van der Waals surface area (Å²) in [6.45, 7) is 3.45. The maximum absolute atomic E-state index is 12.9. The number of amides is 1. The van der Waals surface area contributed by atoms with Crippen molar-refractivity contribution in [2.24, 2.45) is 5.92 Å². The predicted octanol–water partition coefficient (Wildman–Crippen LogP) is 2.03. The Labute approximate surface area is 138 Å². The van der Waals surface area contributed by atoms with Gasteiger partial charge in [-0.25, -0.2) is 12.7 Å². The first-order valence-corrected chi connectivity index (χ1v) is 10.0. The largest absolute Gasteiger partial charge is 0.312 e. The molecule has 3 rings (SSSR count). The number of hydrogen-bond donors (Lipinski definition) is 0. The van der Waals surface area contributed by atoms with Crippen LogP contribution in [0.1, 0.15) is 31.7 Å². The number of rotatable bonds is 4. The minimum absolute atomic E-state index is 0.0753. The van der Waals surface area contributed by atoms with Gasteiger partial charge >= 0.3 is 0 Å². The number of piperidine rings is 1. The minimum Gasteiger partial charge on any atom is -0.312 e. The lowest BCUT2D eigenvalue weighted by atomic mass is 9.98. The fourth-order valence-electron chi connectivity index (χ4n) is 3.57. The van der Waals surface area contributed by atoms with Gasteiger partial charge in [0.25, 0.3) is 0 Å². The van der Waals surface area contributed by atoms with Crippen LogP contribution in [-0.2, 0) is 21.2 Å². The highest BCUT2D eigenvalue weighted by atomic mass is 32.2. The smallest absolute Gasteiger partial charge is 0.231 e. The molecule has 0 aromatic heterocycles. The number of anilines is 1. The molecule has 1 saturated heterocycles. The van der Waals surface area contributed by atoms with Crippen molar-refractivity contribution in [2.45, 2.75) is 32.6 Å². The summed E-state index contributed by atoms with van der Waals surface area (Å²) < 4.78 is 26.1. The Balaban J connectivity index is 1.74. The number of carbonyl (C=O) groups is 1. The van der Waals surface area contributed by atoms with Crippen LogP contribution in [0.5, 0.6) is 0 Å². The highest BCUT2D eigenvalue weighted by Crippen LogP contribution is 2.31. The Morgan fingerprint density at radius 2 is 2.04 bits per heavy atom. The van der Waals surface area contributed by atoms with Gasteiger partial charge in [-0.1, -0.05) is 25.1 Å². The van der Waals surface area contributed by atoms with Crippen molar-refractivity contribution in [3.05, 3.63) is 29.8 Å². The molecule has 5 nitrogen and oxygen atoms in total. The van der Waals surface area contributed by atoms with Gasteiger partial charge in [-0.3, -0.25) is 4.79 Å². The second-order valence-corrected chi connectivity index (χ2v) is 8.47. The zero-order chi connectivity index (χ0) is 16.4. The molecular weight excluding hydrogens is 312 g/mol. The molecule has 2 heterocycles. The van der Waals surface area contributed by atoms with Crippen molar-refractivity contribution in [1.82, 2.24) is 4.31 Å². The fraction of sp³-hybridized carbons (Fsp3) is 0.588. The minimum atomic E-state index is -3.22. The van der Waals surface area contributed by atoms with Gasteiger partial charge < -0.3 is 4.90 Å². The van der Waals surface area contributed by atoms with Crippen LogP contribution in [0.3, 0.4) is 0 Å². The number of nitrogens with zero attached hydrogens (tertiary/aromatic N) is 2. The molecule has 2 aliphatic heterocycles. The van der Waals surface area contributed by atoms with Crippen molar-refractivity contribution in [3.63, 3.8) is 0 Å². The van der Waals surface area contributed by atoms with Crippen LogP contribution in [0.15, 0.2) is 24.3 Å². The Morgan fingerprint density at radius 3 is 2.83 bits per heavy atom. The molecule has 126 valence electrons. The second kappa shape index (κ2) is 6.61. The molecule has 6 heteroatoms. The molecule has 0 saturated carbocycles. The van der Waals surface area contributed by atoms with Crippen LogP contribution < -0.4 is 4.90 Å². The van der Waals surface area contributed by atoms with E-state index in [9.17, 15) is 13.2 Å². The fourth-order valence-corrected chi connectivity index (χ4v) is 5.16. The summed E-state index contributed by atoms with van der Waals surface area (Å²) >= 11 is 0. The van der Waals surface area contributed by atoms with E-state index in [2.05, 4.69) is 6.07 Å². The van der Waals surface area contributed by atoms with E-state index in [0.29, 0.717) is 26.1 Å². The third-order valence-corrected chi connectivity index (χ3v) is 6.78. The molecule has 0 N–H and O–H groups in total. The van der Waals surface area contributed by atoms with Crippen molar-refractivity contribution in [1.29, 1.82) is 0 Å². The zero-order valence-corrected chi connectivity index (χ0v) is 14.4. The first-order valence-electron chi connectivity index (χ1n) is 8.40. The maximum atomic E-state index is 12.9. The molecule has 0 radical (unpaired) electrons. The lowest BCUT2D eigenvalue weighted by molar-refractivity contribution is -0.123. The lowest BCUT2D eigenvalue weighted by Crippen LogP contribution is -2.47. The summed E-state index contributed by atoms with van der Waals surface area (Å²) in [5.41, 5.74) is 2.19. The van der Waals surface area contributed by atoms with Crippen molar-refractivity contribution in [2.75, 3.05) is 30.3 Å². The van der Waals surface area contributed by atoms with Gasteiger partial charge in [0.15, 0.2) is 0 Å². The third-order valence-electron chi connectivity index (χ3n) is 4.74. The van der Waals surface area contributed by atoms with E-state index in [-0.39, 0.29) is 17.6 Å². The van der Waals surface area contributed by atoms with Gasteiger partial charge in [0.2, 0.25) is 15.9 Å². The van der Waals surface area contributed by atoms with Crippen LogP contribution in [0.4, 0.5) is 5.69 Å². The molecule has 0 aliphatic carbocycles. The van der Waals surface area contributed by atoms with E-state index in [1.165, 1.54) is 9.87 Å². The molecule has 1 atom stereocenters. The van der Waals surface area contributed by atoms with E-state index in [1.54, 1.807) is 0 Å². The third kappa shape index (κ3) is 3.28. The van der Waals surface area contributed by atoms with E-state index in [1.807, 2.05) is 30.0 Å². The molecule has 1 aromatic rings. The summed E-state index contributed by atoms with van der Waals surface area (Å²) in [5.74, 6) is 0.0216. The summed E-state index contributed by atoms with van der Waals surface area (Å²) in [4.78, 5) is 14.7. The summed E-state index contributed by atoms with van der Waals surface area (Å²) in [6.07, 6.45) is 3.02. The predicted molar refractivity (Wildman–Crippen MR) is 90.9 cm³/mol. The molecule has 0 bridgehead atoms. The Bertz CT molecular complexity index is 687. The lowest BCUT2D eigenvalue weighted by Gasteiger charge is -2.33. The van der Waals surface area contributed by atoms with Gasteiger partial charge in [-0.2, -0.15) is 0 Å². The van der Waals surface area contributed by atoms with Crippen LogP contribution in [0.2, 0.25) is 0 Å². The normalized spacial score (nSPS) is 22.1. The van der Waals surface area contributed by atoms with Gasteiger partial charge in [0.1, 0.15) is 0 Å². The summed E-state index contributed by atoms with van der Waals surface area (Å²) in [7, 11) is -3.22. The number of fused-ring (bicyclic) bond motifs is 1. The van der Waals surface area contributed by atoms with Crippen LogP contribution in [-0.4, -0.2) is 44.0 Å². The number of hydrogen-bond acceptors (Lipinski definition) is 3. The average molecular weight is 336 g/mol. The summed E-state index contributed by atoms with van der Waals surface area (Å²) in [6, 6.07) is 7.98. The number of benzene rings is 1. The van der Waals surface area contributed by atoms with Crippen molar-refractivity contribution < 1.29 is 13.2 Å². The van der Waals surface area contributed by atoms with E-state index in [4.69, 9.17) is 0 Å². The second-order valence-electron chi connectivity index (χ2n) is 6.38. The van der Waals surface area contributed by atoms with Crippen LogP contribution >= 0.6 is 0 Å². The zero-order valence-electron chi connectivity index (χ0n) is 13.6. The SMILES string of the molecule is CCCS(=O)(=O)N1CCC[C@@H](C(=O)N2CCc3ccccc32)C1. The van der Waals surface area contributed by atoms with Gasteiger partial charge in [-0.15, -0.1) is 0 Å². The van der Waals surface area contributed by atoms with Crippen LogP contribution in [0, 0.1) is 5.92 Å². The van der Waals surface area contributed by atoms with Gasteiger partial charge in [-0.05, 0) is 37.3 Å². The molecule has 2 aliphatic rings. The average Bonchev–Trinajstić information content (AvgIpc) is 2.98. The highest BCUT2D eigenvalue weighted by Gasteiger charge is 2.35. The molecule has 1 aromatic carbocycles. The Morgan fingerprint density at radius 1 is 1.26 bits per heavy atom. The molecule has 1 fully saturated rings. The molecular formula is C17H24N2O3S. The molecule has 0 spiro atoms. The molecule has 23 heavy (non-hydrogen) atoms. The number of sulfonamides is 1. The van der Waals surface area contributed by atoms with E-state index in [0.717, 1.165) is 24.9 Å². The monoisotopic (exact) mass is 336 g/mol. The maximum Gasteiger partial charge on any atom is 0.231 e. The topological polar surface area (TPSA) is 57.7 Å². The Kier molecular flexibility index (Phi) is 4.73. The van der Waals surface area contributed by atoms with Crippen LogP contribution in [0.25, 0.3) is 0 Å². The first kappa shape index (κ1) is 16.5. The van der Waals surface area contributed by atoms with E-state index >= 15 is 0 Å². The van der Waals surface area contributed by atoms with Gasteiger partial charge in [0.05, 0.1) is 11.7 Å². The van der Waals surface area contributed by atoms with Gasteiger partial charge in [0, 0.05) is 25.3 Å². The number of carbonyl (C=O) groups excluding carboxylic acids is 1. The highest BCUT2D eigenvalue weighted by molar-refractivity contribution is 7.89. The quantitative estimate of drug-likeness (QED) is 0.845. The van der Waals surface area contributed by atoms with Crippen molar-refractivity contribution in [3.8, 4) is 0 Å². The molecule has 1 amide bonds. The molecule has 0 unspecified atom stereocenters. The Hall–Kier alpha value is -1.40. The van der Waals surface area contributed by atoms with Crippen molar-refractivity contribution >= 4 is 21.6 Å². The standard InChI is InChI=1S/C17H24N2O3S/c1-2-12-23(21,22)18-10-5-7-15(13-18)17(20)19-11-9-14-6-3-4-8-16(14)19/h3-4,6,8,15H,2,5,7,9-13H2,1H3/t15-/m1/s1. The first-order chi connectivity index (χ1) is 11.0.